The van der Waals surface area contributed by atoms with E-state index in [1.807, 2.05) is 36.8 Å². The van der Waals surface area contributed by atoms with Crippen LogP contribution in [0.25, 0.3) is 11.3 Å². The molecule has 0 saturated carbocycles. The quantitative estimate of drug-likeness (QED) is 0.631. The second-order valence-corrected chi connectivity index (χ2v) is 7.98. The number of hydrogen-bond acceptors (Lipinski definition) is 6. The predicted octanol–water partition coefficient (Wildman–Crippen LogP) is 3.21. The van der Waals surface area contributed by atoms with Gasteiger partial charge in [0.15, 0.2) is 0 Å². The van der Waals surface area contributed by atoms with Gasteiger partial charge in [0.25, 0.3) is 0 Å². The second kappa shape index (κ2) is 9.78. The molecular weight excluding hydrogens is 374 g/mol. The first-order chi connectivity index (χ1) is 14.7. The monoisotopic (exact) mass is 403 g/mol. The van der Waals surface area contributed by atoms with Crippen LogP contribution in [0.4, 0.5) is 0 Å². The molecule has 1 aromatic carbocycles. The minimum atomic E-state index is 0.303. The molecule has 2 aromatic heterocycles. The van der Waals surface area contributed by atoms with E-state index in [0.29, 0.717) is 11.8 Å². The van der Waals surface area contributed by atoms with Crippen molar-refractivity contribution >= 4 is 0 Å². The van der Waals surface area contributed by atoms with Crippen LogP contribution in [0.1, 0.15) is 30.3 Å². The van der Waals surface area contributed by atoms with Crippen molar-refractivity contribution in [3.05, 3.63) is 71.9 Å². The summed E-state index contributed by atoms with van der Waals surface area (Å²) >= 11 is 0. The predicted molar refractivity (Wildman–Crippen MR) is 118 cm³/mol. The number of benzene rings is 1. The SMILES string of the molecule is C[C@H]1CNCCN1Cc1cncc(-c2ccnc(CCCc3ccc(O)cc3)n2)c1. The lowest BCUT2D eigenvalue weighted by Gasteiger charge is -2.33. The molecule has 3 heterocycles. The van der Waals surface area contributed by atoms with E-state index < -0.39 is 0 Å². The fourth-order valence-corrected chi connectivity index (χ4v) is 3.86. The van der Waals surface area contributed by atoms with Gasteiger partial charge in [0, 0.05) is 62.8 Å². The van der Waals surface area contributed by atoms with Crippen LogP contribution < -0.4 is 5.32 Å². The number of rotatable bonds is 7. The van der Waals surface area contributed by atoms with Crippen molar-refractivity contribution < 1.29 is 5.11 Å². The van der Waals surface area contributed by atoms with E-state index in [2.05, 4.69) is 33.2 Å². The summed E-state index contributed by atoms with van der Waals surface area (Å²) in [5.41, 5.74) is 4.39. The molecule has 156 valence electrons. The van der Waals surface area contributed by atoms with Crippen LogP contribution in [-0.2, 0) is 19.4 Å². The number of pyridine rings is 1. The Morgan fingerprint density at radius 3 is 2.80 bits per heavy atom. The van der Waals surface area contributed by atoms with Crippen molar-refractivity contribution in [1.82, 2.24) is 25.2 Å². The number of phenolic OH excluding ortho intramolecular Hbond substituents is 1. The van der Waals surface area contributed by atoms with Gasteiger partial charge >= 0.3 is 0 Å². The molecule has 2 N–H and O–H groups in total. The Balaban J connectivity index is 1.39. The van der Waals surface area contributed by atoms with Crippen LogP contribution in [-0.4, -0.2) is 50.6 Å². The van der Waals surface area contributed by atoms with Crippen molar-refractivity contribution in [3.63, 3.8) is 0 Å². The van der Waals surface area contributed by atoms with Crippen molar-refractivity contribution in [2.24, 2.45) is 0 Å². The normalized spacial score (nSPS) is 17.2. The van der Waals surface area contributed by atoms with Gasteiger partial charge < -0.3 is 10.4 Å². The molecule has 1 saturated heterocycles. The second-order valence-electron chi connectivity index (χ2n) is 7.98. The molecule has 0 aliphatic carbocycles. The van der Waals surface area contributed by atoms with E-state index in [0.717, 1.165) is 62.5 Å². The van der Waals surface area contributed by atoms with Gasteiger partial charge in [0.1, 0.15) is 11.6 Å². The minimum Gasteiger partial charge on any atom is -0.508 e. The highest BCUT2D eigenvalue weighted by molar-refractivity contribution is 5.58. The number of aromatic nitrogens is 3. The van der Waals surface area contributed by atoms with Crippen LogP contribution in [0.5, 0.6) is 5.75 Å². The number of nitrogens with one attached hydrogen (secondary N) is 1. The third-order valence-corrected chi connectivity index (χ3v) is 5.62. The molecule has 1 aliphatic rings. The maximum absolute atomic E-state index is 9.39. The average Bonchev–Trinajstić information content (AvgIpc) is 2.77. The molecule has 0 radical (unpaired) electrons. The smallest absolute Gasteiger partial charge is 0.128 e. The maximum Gasteiger partial charge on any atom is 0.128 e. The molecule has 0 spiro atoms. The van der Waals surface area contributed by atoms with E-state index >= 15 is 0 Å². The number of piperazine rings is 1. The number of hydrogen-bond donors (Lipinski definition) is 2. The van der Waals surface area contributed by atoms with E-state index in [9.17, 15) is 5.11 Å². The van der Waals surface area contributed by atoms with Crippen LogP contribution in [0, 0.1) is 0 Å². The average molecular weight is 404 g/mol. The minimum absolute atomic E-state index is 0.303. The Hall–Kier alpha value is -2.83. The summed E-state index contributed by atoms with van der Waals surface area (Å²) in [7, 11) is 0. The number of phenols is 1. The standard InChI is InChI=1S/C24H29N5O/c1-18-14-25-11-12-29(18)17-20-13-21(16-26-15-20)23-9-10-27-24(28-23)4-2-3-19-5-7-22(30)8-6-19/h5-10,13,15-16,18,25,30H,2-4,11-12,14,17H2,1H3/t18-/m0/s1. The number of aromatic hydroxyl groups is 1. The highest BCUT2D eigenvalue weighted by Crippen LogP contribution is 2.19. The molecule has 30 heavy (non-hydrogen) atoms. The van der Waals surface area contributed by atoms with E-state index in [1.54, 1.807) is 12.1 Å². The molecule has 1 aliphatic heterocycles. The summed E-state index contributed by atoms with van der Waals surface area (Å²) in [5, 5.41) is 12.8. The first kappa shape index (κ1) is 20.4. The highest BCUT2D eigenvalue weighted by atomic mass is 16.3. The van der Waals surface area contributed by atoms with Gasteiger partial charge in [-0.25, -0.2) is 9.97 Å². The molecule has 3 aromatic rings. The number of aryl methyl sites for hydroxylation is 2. The molecular formula is C24H29N5O. The first-order valence-corrected chi connectivity index (χ1v) is 10.7. The Bertz CT molecular complexity index is 960. The summed E-state index contributed by atoms with van der Waals surface area (Å²) in [4.78, 5) is 16.2. The zero-order chi connectivity index (χ0) is 20.8. The van der Waals surface area contributed by atoms with Gasteiger partial charge in [-0.05, 0) is 55.2 Å². The molecule has 6 nitrogen and oxygen atoms in total. The lowest BCUT2D eigenvalue weighted by Crippen LogP contribution is -2.49. The summed E-state index contributed by atoms with van der Waals surface area (Å²) in [6.45, 7) is 6.31. The van der Waals surface area contributed by atoms with Gasteiger partial charge in [-0.15, -0.1) is 0 Å². The van der Waals surface area contributed by atoms with Crippen LogP contribution in [0.3, 0.4) is 0 Å². The largest absolute Gasteiger partial charge is 0.508 e. The van der Waals surface area contributed by atoms with Gasteiger partial charge in [0.05, 0.1) is 5.69 Å². The molecule has 6 heteroatoms. The van der Waals surface area contributed by atoms with Crippen LogP contribution in [0.15, 0.2) is 55.0 Å². The van der Waals surface area contributed by atoms with Crippen molar-refractivity contribution in [2.45, 2.75) is 38.8 Å². The summed E-state index contributed by atoms with van der Waals surface area (Å²) in [5.74, 6) is 1.16. The Labute approximate surface area is 178 Å². The van der Waals surface area contributed by atoms with Crippen molar-refractivity contribution in [1.29, 1.82) is 0 Å². The molecule has 4 rings (SSSR count). The van der Waals surface area contributed by atoms with Gasteiger partial charge in [0.2, 0.25) is 0 Å². The Morgan fingerprint density at radius 2 is 1.97 bits per heavy atom. The lowest BCUT2D eigenvalue weighted by molar-refractivity contribution is 0.165. The van der Waals surface area contributed by atoms with Gasteiger partial charge in [-0.1, -0.05) is 12.1 Å². The molecule has 0 amide bonds. The van der Waals surface area contributed by atoms with Crippen molar-refractivity contribution in [2.75, 3.05) is 19.6 Å². The van der Waals surface area contributed by atoms with Crippen molar-refractivity contribution in [3.8, 4) is 17.0 Å². The molecule has 0 unspecified atom stereocenters. The van der Waals surface area contributed by atoms with Gasteiger partial charge in [-0.3, -0.25) is 9.88 Å². The van der Waals surface area contributed by atoms with E-state index in [4.69, 9.17) is 4.98 Å². The highest BCUT2D eigenvalue weighted by Gasteiger charge is 2.18. The lowest BCUT2D eigenvalue weighted by atomic mass is 10.1. The topological polar surface area (TPSA) is 74.2 Å². The zero-order valence-electron chi connectivity index (χ0n) is 17.5. The van der Waals surface area contributed by atoms with Crippen LogP contribution in [0.2, 0.25) is 0 Å². The first-order valence-electron chi connectivity index (χ1n) is 10.7. The molecule has 0 bridgehead atoms. The van der Waals surface area contributed by atoms with Gasteiger partial charge in [-0.2, -0.15) is 0 Å². The number of nitrogens with zero attached hydrogens (tertiary/aromatic N) is 4. The van der Waals surface area contributed by atoms with E-state index in [1.165, 1.54) is 11.1 Å². The Morgan fingerprint density at radius 1 is 1.10 bits per heavy atom. The maximum atomic E-state index is 9.39. The summed E-state index contributed by atoms with van der Waals surface area (Å²) in [6.07, 6.45) is 8.40. The third kappa shape index (κ3) is 5.40. The fraction of sp³-hybridized carbons (Fsp3) is 0.375. The third-order valence-electron chi connectivity index (χ3n) is 5.62. The summed E-state index contributed by atoms with van der Waals surface area (Å²) in [6, 6.07) is 12.1. The van der Waals surface area contributed by atoms with E-state index in [-0.39, 0.29) is 0 Å². The fourth-order valence-electron chi connectivity index (χ4n) is 3.86. The Kier molecular flexibility index (Phi) is 6.67. The molecule has 1 fully saturated rings. The molecule has 1 atom stereocenters. The van der Waals surface area contributed by atoms with Crippen LogP contribution >= 0.6 is 0 Å². The summed E-state index contributed by atoms with van der Waals surface area (Å²) < 4.78 is 0. The zero-order valence-corrected chi connectivity index (χ0v) is 17.5.